The van der Waals surface area contributed by atoms with E-state index in [2.05, 4.69) is 5.16 Å². The Morgan fingerprint density at radius 1 is 1.56 bits per heavy atom. The first-order chi connectivity index (χ1) is 8.56. The Bertz CT molecular complexity index is 601. The Hall–Kier alpha value is -1.47. The molecule has 0 aliphatic rings. The standard InChI is InChI=1S/C11H11NO4S2/c1-6-8(7-4-5-12-16-7)11(18(3)14)17-9(6)10(13)15-2/h4-5H,1-3H3/t18-/m1/s1. The third-order valence-electron chi connectivity index (χ3n) is 2.43. The first kappa shape index (κ1) is 13.0. The minimum Gasteiger partial charge on any atom is -0.465 e. The van der Waals surface area contributed by atoms with Gasteiger partial charge in [0.25, 0.3) is 0 Å². The van der Waals surface area contributed by atoms with Crippen LogP contribution >= 0.6 is 11.3 Å². The topological polar surface area (TPSA) is 69.4 Å². The zero-order valence-electron chi connectivity index (χ0n) is 10.1. The van der Waals surface area contributed by atoms with Gasteiger partial charge in [0.1, 0.15) is 9.09 Å². The molecular weight excluding hydrogens is 274 g/mol. The number of carbonyl (C=O) groups is 1. The van der Waals surface area contributed by atoms with Gasteiger partial charge in [-0.05, 0) is 12.5 Å². The molecular formula is C11H11NO4S2. The maximum absolute atomic E-state index is 11.7. The van der Waals surface area contributed by atoms with E-state index in [-0.39, 0.29) is 0 Å². The maximum atomic E-state index is 11.7. The van der Waals surface area contributed by atoms with Crippen molar-refractivity contribution in [1.82, 2.24) is 5.16 Å². The molecule has 0 aliphatic heterocycles. The number of carbonyl (C=O) groups excluding carboxylic acids is 1. The summed E-state index contributed by atoms with van der Waals surface area (Å²) >= 11 is 1.16. The second-order valence-electron chi connectivity index (χ2n) is 3.54. The lowest BCUT2D eigenvalue weighted by Crippen LogP contribution is -1.99. The molecule has 0 aromatic carbocycles. The lowest BCUT2D eigenvalue weighted by molar-refractivity contribution is 0.0605. The zero-order chi connectivity index (χ0) is 13.3. The smallest absolute Gasteiger partial charge is 0.348 e. The highest BCUT2D eigenvalue weighted by Crippen LogP contribution is 2.38. The molecule has 0 N–H and O–H groups in total. The lowest BCUT2D eigenvalue weighted by atomic mass is 10.1. The predicted molar refractivity (Wildman–Crippen MR) is 68.2 cm³/mol. The maximum Gasteiger partial charge on any atom is 0.348 e. The quantitative estimate of drug-likeness (QED) is 0.809. The molecule has 0 radical (unpaired) electrons. The number of nitrogens with zero attached hydrogens (tertiary/aromatic N) is 1. The van der Waals surface area contributed by atoms with E-state index in [0.717, 1.165) is 11.3 Å². The monoisotopic (exact) mass is 285 g/mol. The molecule has 2 rings (SSSR count). The van der Waals surface area contributed by atoms with Gasteiger partial charge in [-0.15, -0.1) is 11.3 Å². The van der Waals surface area contributed by atoms with Crippen molar-refractivity contribution in [2.75, 3.05) is 13.4 Å². The van der Waals surface area contributed by atoms with E-state index in [0.29, 0.717) is 26.0 Å². The molecule has 2 heterocycles. The van der Waals surface area contributed by atoms with Crippen LogP contribution in [0.25, 0.3) is 11.3 Å². The second kappa shape index (κ2) is 5.03. The fourth-order valence-electron chi connectivity index (χ4n) is 1.61. The van der Waals surface area contributed by atoms with Gasteiger partial charge in [0.05, 0.1) is 29.7 Å². The van der Waals surface area contributed by atoms with Crippen LogP contribution in [0.3, 0.4) is 0 Å². The second-order valence-corrected chi connectivity index (χ2v) is 6.14. The van der Waals surface area contributed by atoms with Gasteiger partial charge in [-0.25, -0.2) is 4.79 Å². The number of methoxy groups -OCH3 is 1. The highest BCUT2D eigenvalue weighted by Gasteiger charge is 2.25. The third-order valence-corrected chi connectivity index (χ3v) is 5.18. The summed E-state index contributed by atoms with van der Waals surface area (Å²) in [6.07, 6.45) is 3.07. The van der Waals surface area contributed by atoms with Gasteiger partial charge < -0.3 is 9.26 Å². The van der Waals surface area contributed by atoms with Gasteiger partial charge in [0.2, 0.25) is 0 Å². The number of hydrogen-bond acceptors (Lipinski definition) is 6. The fraction of sp³-hybridized carbons (Fsp3) is 0.273. The van der Waals surface area contributed by atoms with Crippen LogP contribution < -0.4 is 0 Å². The summed E-state index contributed by atoms with van der Waals surface area (Å²) in [5.41, 5.74) is 1.37. The number of esters is 1. The lowest BCUT2D eigenvalue weighted by Gasteiger charge is -1.98. The van der Waals surface area contributed by atoms with Crippen LogP contribution in [0.5, 0.6) is 0 Å². The molecule has 1 atom stereocenters. The molecule has 0 fully saturated rings. The highest BCUT2D eigenvalue weighted by molar-refractivity contribution is 7.86. The van der Waals surface area contributed by atoms with E-state index >= 15 is 0 Å². The van der Waals surface area contributed by atoms with Crippen LogP contribution in [0, 0.1) is 6.92 Å². The third kappa shape index (κ3) is 2.11. The molecule has 7 heteroatoms. The minimum absolute atomic E-state index is 0.435. The van der Waals surface area contributed by atoms with Crippen molar-refractivity contribution in [1.29, 1.82) is 0 Å². The van der Waals surface area contributed by atoms with Gasteiger partial charge in [-0.1, -0.05) is 5.16 Å². The molecule has 2 aromatic heterocycles. The summed E-state index contributed by atoms with van der Waals surface area (Å²) in [5, 5.41) is 3.63. The molecule has 0 amide bonds. The van der Waals surface area contributed by atoms with Crippen molar-refractivity contribution in [2.24, 2.45) is 0 Å². The molecule has 18 heavy (non-hydrogen) atoms. The van der Waals surface area contributed by atoms with Gasteiger partial charge in [0, 0.05) is 12.3 Å². The Balaban J connectivity index is 2.67. The average molecular weight is 285 g/mol. The van der Waals surface area contributed by atoms with Crippen molar-refractivity contribution in [3.05, 3.63) is 22.7 Å². The average Bonchev–Trinajstić information content (AvgIpc) is 2.94. The van der Waals surface area contributed by atoms with Gasteiger partial charge >= 0.3 is 5.97 Å². The van der Waals surface area contributed by atoms with Crippen molar-refractivity contribution >= 4 is 28.1 Å². The molecule has 96 valence electrons. The van der Waals surface area contributed by atoms with Crippen LogP contribution in [0.1, 0.15) is 15.2 Å². The van der Waals surface area contributed by atoms with Crippen LogP contribution in [0.2, 0.25) is 0 Å². The molecule has 0 unspecified atom stereocenters. The molecule has 5 nitrogen and oxygen atoms in total. The zero-order valence-corrected chi connectivity index (χ0v) is 11.7. The van der Waals surface area contributed by atoms with Crippen LogP contribution in [-0.4, -0.2) is 28.7 Å². The predicted octanol–water partition coefficient (Wildman–Crippen LogP) is 2.24. The van der Waals surface area contributed by atoms with E-state index in [1.165, 1.54) is 13.3 Å². The van der Waals surface area contributed by atoms with Gasteiger partial charge in [-0.2, -0.15) is 0 Å². The Morgan fingerprint density at radius 2 is 2.28 bits per heavy atom. The van der Waals surface area contributed by atoms with Crippen molar-refractivity contribution < 1.29 is 18.3 Å². The Kier molecular flexibility index (Phi) is 3.63. The Labute approximate surface area is 110 Å². The summed E-state index contributed by atoms with van der Waals surface area (Å²) in [7, 11) is 0.108. The normalized spacial score (nSPS) is 12.4. The van der Waals surface area contributed by atoms with Crippen molar-refractivity contribution in [3.8, 4) is 11.3 Å². The van der Waals surface area contributed by atoms with Gasteiger partial charge in [-0.3, -0.25) is 4.21 Å². The molecule has 0 bridgehead atoms. The van der Waals surface area contributed by atoms with Gasteiger partial charge in [0.15, 0.2) is 5.76 Å². The molecule has 0 spiro atoms. The summed E-state index contributed by atoms with van der Waals surface area (Å²) in [4.78, 5) is 12.1. The van der Waals surface area contributed by atoms with E-state index in [1.807, 2.05) is 0 Å². The van der Waals surface area contributed by atoms with Crippen molar-refractivity contribution in [3.63, 3.8) is 0 Å². The number of aromatic nitrogens is 1. The highest BCUT2D eigenvalue weighted by atomic mass is 32.2. The van der Waals surface area contributed by atoms with Crippen LogP contribution in [-0.2, 0) is 15.5 Å². The molecule has 0 saturated carbocycles. The number of thiophene rings is 1. The summed E-state index contributed by atoms with van der Waals surface area (Å²) in [6.45, 7) is 1.77. The summed E-state index contributed by atoms with van der Waals surface area (Å²) in [5.74, 6) is 0.0686. The van der Waals surface area contributed by atoms with E-state index in [9.17, 15) is 9.00 Å². The summed E-state index contributed by atoms with van der Waals surface area (Å²) < 4.78 is 22.1. The van der Waals surface area contributed by atoms with Crippen LogP contribution in [0.15, 0.2) is 21.0 Å². The van der Waals surface area contributed by atoms with E-state index < -0.39 is 16.8 Å². The number of hydrogen-bond donors (Lipinski definition) is 0. The fourth-order valence-corrected chi connectivity index (χ4v) is 3.83. The largest absolute Gasteiger partial charge is 0.465 e. The molecule has 2 aromatic rings. The SMILES string of the molecule is COC(=O)c1sc([S@@](C)=O)c(-c2ccno2)c1C. The molecule has 0 aliphatic carbocycles. The van der Waals surface area contributed by atoms with Crippen molar-refractivity contribution in [2.45, 2.75) is 11.1 Å². The van der Waals surface area contributed by atoms with E-state index in [1.54, 1.807) is 19.2 Å². The number of rotatable bonds is 3. The first-order valence-electron chi connectivity index (χ1n) is 5.02. The van der Waals surface area contributed by atoms with Crippen LogP contribution in [0.4, 0.5) is 0 Å². The first-order valence-corrected chi connectivity index (χ1v) is 7.40. The summed E-state index contributed by atoms with van der Waals surface area (Å²) in [6, 6.07) is 1.67. The van der Waals surface area contributed by atoms with E-state index in [4.69, 9.17) is 9.26 Å². The Morgan fingerprint density at radius 3 is 2.78 bits per heavy atom. The minimum atomic E-state index is -1.21. The molecule has 0 saturated heterocycles. The number of ether oxygens (including phenoxy) is 1.